The van der Waals surface area contributed by atoms with Gasteiger partial charge in [0.25, 0.3) is 0 Å². The van der Waals surface area contributed by atoms with Gasteiger partial charge in [-0.2, -0.15) is 0 Å². The van der Waals surface area contributed by atoms with E-state index in [4.69, 9.17) is 0 Å². The van der Waals surface area contributed by atoms with Crippen molar-refractivity contribution in [3.63, 3.8) is 0 Å². The van der Waals surface area contributed by atoms with Crippen LogP contribution in [0.4, 0.5) is 5.69 Å². The lowest BCUT2D eigenvalue weighted by atomic mass is 10.0. The highest BCUT2D eigenvalue weighted by atomic mass is 16.2. The molecule has 2 aliphatic heterocycles. The fourth-order valence-corrected chi connectivity index (χ4v) is 6.13. The number of hydrogen-bond acceptors (Lipinski definition) is 4. The van der Waals surface area contributed by atoms with E-state index in [-0.39, 0.29) is 35.6 Å². The van der Waals surface area contributed by atoms with Crippen LogP contribution in [0.1, 0.15) is 56.8 Å². The Balaban J connectivity index is 0.967. The van der Waals surface area contributed by atoms with E-state index in [1.54, 1.807) is 0 Å². The summed E-state index contributed by atoms with van der Waals surface area (Å²) in [6, 6.07) is 16.3. The van der Waals surface area contributed by atoms with Gasteiger partial charge in [0.15, 0.2) is 0 Å². The van der Waals surface area contributed by atoms with E-state index in [2.05, 4.69) is 39.6 Å². The molecule has 4 fully saturated rings. The number of carbonyl (C=O) groups is 3. The minimum absolute atomic E-state index is 0.0141. The number of H-pyrrole nitrogens is 1. The maximum absolute atomic E-state index is 12.8. The lowest BCUT2D eigenvalue weighted by Gasteiger charge is -2.23. The molecule has 2 N–H and O–H groups in total. The number of benzene rings is 2. The van der Waals surface area contributed by atoms with Crippen molar-refractivity contribution in [2.24, 2.45) is 17.8 Å². The van der Waals surface area contributed by atoms with Gasteiger partial charge in [-0.1, -0.05) is 36.4 Å². The predicted octanol–water partition coefficient (Wildman–Crippen LogP) is 5.01. The second kappa shape index (κ2) is 10.2. The first-order valence-electron chi connectivity index (χ1n) is 14.7. The first-order valence-corrected chi connectivity index (χ1v) is 14.7. The smallest absolute Gasteiger partial charge is 0.229 e. The molecule has 3 heterocycles. The molecule has 2 aromatic carbocycles. The molecule has 0 unspecified atom stereocenters. The van der Waals surface area contributed by atoms with Crippen molar-refractivity contribution >= 4 is 23.4 Å². The summed E-state index contributed by atoms with van der Waals surface area (Å²) < 4.78 is 0. The van der Waals surface area contributed by atoms with Gasteiger partial charge >= 0.3 is 0 Å². The Kier molecular flexibility index (Phi) is 6.41. The Morgan fingerprint density at radius 1 is 0.750 bits per heavy atom. The summed E-state index contributed by atoms with van der Waals surface area (Å²) in [6.07, 6.45) is 8.62. The third-order valence-electron chi connectivity index (χ3n) is 8.85. The summed E-state index contributed by atoms with van der Waals surface area (Å²) in [4.78, 5) is 49.8. The average Bonchev–Trinajstić information content (AvgIpc) is 3.85. The number of hydrogen-bond donors (Lipinski definition) is 2. The van der Waals surface area contributed by atoms with Gasteiger partial charge in [-0.05, 0) is 73.8 Å². The number of aromatic amines is 1. The van der Waals surface area contributed by atoms with Crippen LogP contribution >= 0.6 is 0 Å². The van der Waals surface area contributed by atoms with Crippen LogP contribution in [0.25, 0.3) is 22.4 Å². The van der Waals surface area contributed by atoms with Crippen molar-refractivity contribution in [3.05, 3.63) is 60.6 Å². The number of imidazole rings is 1. The van der Waals surface area contributed by atoms with E-state index < -0.39 is 0 Å². The summed E-state index contributed by atoms with van der Waals surface area (Å²) in [5.74, 6) is 1.66. The van der Waals surface area contributed by atoms with E-state index >= 15 is 0 Å². The van der Waals surface area contributed by atoms with Gasteiger partial charge in [0, 0.05) is 37.2 Å². The number of aromatic nitrogens is 2. The molecule has 3 aromatic rings. The zero-order valence-corrected chi connectivity index (χ0v) is 22.6. The van der Waals surface area contributed by atoms with E-state index in [0.717, 1.165) is 85.4 Å². The molecule has 3 amide bonds. The monoisotopic (exact) mass is 537 g/mol. The molecule has 2 saturated heterocycles. The molecular weight excluding hydrogens is 502 g/mol. The molecule has 2 atom stereocenters. The maximum atomic E-state index is 12.8. The minimum Gasteiger partial charge on any atom is -0.342 e. The van der Waals surface area contributed by atoms with Crippen LogP contribution < -0.4 is 5.32 Å². The first-order chi connectivity index (χ1) is 19.5. The second-order valence-electron chi connectivity index (χ2n) is 11.8. The summed E-state index contributed by atoms with van der Waals surface area (Å²) in [7, 11) is 0. The average molecular weight is 538 g/mol. The summed E-state index contributed by atoms with van der Waals surface area (Å²) >= 11 is 0. The molecule has 206 valence electrons. The number of carbonyl (C=O) groups excluding carboxylic acids is 3. The van der Waals surface area contributed by atoms with Crippen molar-refractivity contribution in [1.82, 2.24) is 19.8 Å². The molecule has 0 radical (unpaired) electrons. The van der Waals surface area contributed by atoms with Crippen LogP contribution in [0.5, 0.6) is 0 Å². The highest BCUT2D eigenvalue weighted by molar-refractivity contribution is 5.94. The Morgan fingerprint density at radius 2 is 1.40 bits per heavy atom. The molecule has 8 nitrogen and oxygen atoms in total. The largest absolute Gasteiger partial charge is 0.342 e. The molecule has 4 aliphatic rings. The molecule has 8 heteroatoms. The topological polar surface area (TPSA) is 98.4 Å². The van der Waals surface area contributed by atoms with Crippen molar-refractivity contribution < 1.29 is 14.4 Å². The Labute approximate surface area is 234 Å². The van der Waals surface area contributed by atoms with Crippen LogP contribution in [0.2, 0.25) is 0 Å². The fraction of sp³-hybridized carbons (Fsp3) is 0.438. The second-order valence-corrected chi connectivity index (χ2v) is 11.8. The van der Waals surface area contributed by atoms with Gasteiger partial charge in [-0.25, -0.2) is 4.98 Å². The van der Waals surface area contributed by atoms with Crippen molar-refractivity contribution in [2.75, 3.05) is 25.0 Å². The number of anilines is 1. The van der Waals surface area contributed by atoms with E-state index in [1.807, 2.05) is 40.3 Å². The first kappa shape index (κ1) is 25.1. The van der Waals surface area contributed by atoms with Crippen LogP contribution in [0, 0.1) is 17.8 Å². The molecule has 7 rings (SSSR count). The SMILES string of the molecule is O=C(Nc1ccc(-c2ccc(-c3cnc([C@@H]4CCCN4C(=O)C4CC4)[nH]3)cc2)cc1)[C@@H]1CCN(C(=O)C2CC2)C1. The Morgan fingerprint density at radius 3 is 2.10 bits per heavy atom. The maximum Gasteiger partial charge on any atom is 0.229 e. The molecule has 2 aliphatic carbocycles. The molecule has 40 heavy (non-hydrogen) atoms. The van der Waals surface area contributed by atoms with Crippen molar-refractivity contribution in [3.8, 4) is 22.4 Å². The lowest BCUT2D eigenvalue weighted by molar-refractivity contribution is -0.134. The molecule has 1 aromatic heterocycles. The van der Waals surface area contributed by atoms with Gasteiger partial charge < -0.3 is 20.1 Å². The standard InChI is InChI=1S/C32H35N5O3/c38-30(25-15-17-36(19-25)31(39)23-7-8-23)34-26-13-11-21(12-14-26)20-3-5-22(6-4-20)27-18-33-29(35-27)28-2-1-16-37(28)32(40)24-9-10-24/h3-6,11-14,18,23-25,28H,1-2,7-10,15-17,19H2,(H,33,35)(H,34,38)/t25-,28+/m1/s1. The van der Waals surface area contributed by atoms with Gasteiger partial charge in [0.05, 0.1) is 23.9 Å². The third-order valence-corrected chi connectivity index (χ3v) is 8.85. The van der Waals surface area contributed by atoms with E-state index in [1.165, 1.54) is 0 Å². The number of rotatable bonds is 7. The number of amides is 3. The molecular formula is C32H35N5O3. The minimum atomic E-state index is -0.145. The molecule has 0 bridgehead atoms. The van der Waals surface area contributed by atoms with Gasteiger partial charge in [-0.3, -0.25) is 14.4 Å². The van der Waals surface area contributed by atoms with Crippen LogP contribution in [0.15, 0.2) is 54.7 Å². The van der Waals surface area contributed by atoms with Crippen molar-refractivity contribution in [1.29, 1.82) is 0 Å². The van der Waals surface area contributed by atoms with Crippen LogP contribution in [-0.4, -0.2) is 57.1 Å². The van der Waals surface area contributed by atoms with Gasteiger partial charge in [-0.15, -0.1) is 0 Å². The zero-order chi connectivity index (χ0) is 27.2. The predicted molar refractivity (Wildman–Crippen MR) is 152 cm³/mol. The van der Waals surface area contributed by atoms with E-state index in [9.17, 15) is 14.4 Å². The summed E-state index contributed by atoms with van der Waals surface area (Å²) in [5, 5.41) is 3.03. The molecule has 0 spiro atoms. The number of nitrogens with zero attached hydrogens (tertiary/aromatic N) is 3. The van der Waals surface area contributed by atoms with Gasteiger partial charge in [0.2, 0.25) is 17.7 Å². The van der Waals surface area contributed by atoms with Gasteiger partial charge in [0.1, 0.15) is 5.82 Å². The highest BCUT2D eigenvalue weighted by Gasteiger charge is 2.40. The normalized spacial score (nSPS) is 22.5. The fourth-order valence-electron chi connectivity index (χ4n) is 6.13. The van der Waals surface area contributed by atoms with E-state index in [0.29, 0.717) is 19.0 Å². The molecule has 2 saturated carbocycles. The van der Waals surface area contributed by atoms with Crippen molar-refractivity contribution in [2.45, 2.75) is 51.0 Å². The van der Waals surface area contributed by atoms with Crippen LogP contribution in [0.3, 0.4) is 0 Å². The lowest BCUT2D eigenvalue weighted by Crippen LogP contribution is -2.32. The highest BCUT2D eigenvalue weighted by Crippen LogP contribution is 2.38. The number of nitrogens with one attached hydrogen (secondary N) is 2. The third kappa shape index (κ3) is 5.03. The zero-order valence-electron chi connectivity index (χ0n) is 22.6. The summed E-state index contributed by atoms with van der Waals surface area (Å²) in [6.45, 7) is 2.04. The van der Waals surface area contributed by atoms with Crippen LogP contribution in [-0.2, 0) is 14.4 Å². The Bertz CT molecular complexity index is 1420. The number of likely N-dealkylation sites (tertiary alicyclic amines) is 2. The quantitative estimate of drug-likeness (QED) is 0.443. The summed E-state index contributed by atoms with van der Waals surface area (Å²) in [5.41, 5.74) is 4.92. The Hall–Kier alpha value is -3.94.